The van der Waals surface area contributed by atoms with Gasteiger partial charge in [0, 0.05) is 5.25 Å². The fourth-order valence-electron chi connectivity index (χ4n) is 2.24. The number of hydrogen-bond donors (Lipinski definition) is 2. The lowest BCUT2D eigenvalue weighted by Gasteiger charge is -2.10. The van der Waals surface area contributed by atoms with Gasteiger partial charge in [-0.25, -0.2) is 8.42 Å². The Morgan fingerprint density at radius 3 is 2.39 bits per heavy atom. The third-order valence-corrected chi connectivity index (χ3v) is 5.74. The van der Waals surface area contributed by atoms with Crippen molar-refractivity contribution in [3.05, 3.63) is 66.2 Å². The summed E-state index contributed by atoms with van der Waals surface area (Å²) >= 11 is 1.55. The van der Waals surface area contributed by atoms with E-state index >= 15 is 0 Å². The van der Waals surface area contributed by atoms with Gasteiger partial charge in [-0.2, -0.15) is 0 Å². The predicted molar refractivity (Wildman–Crippen MR) is 93.7 cm³/mol. The molecule has 0 aromatic heterocycles. The van der Waals surface area contributed by atoms with Crippen LogP contribution >= 0.6 is 11.8 Å². The second-order valence-corrected chi connectivity index (χ2v) is 8.09. The molecule has 1 aliphatic heterocycles. The summed E-state index contributed by atoms with van der Waals surface area (Å²) in [4.78, 5) is 6.94. The van der Waals surface area contributed by atoms with E-state index in [2.05, 4.69) is 27.4 Å². The number of hydrazine groups is 1. The summed E-state index contributed by atoms with van der Waals surface area (Å²) in [5.41, 5.74) is 3.97. The van der Waals surface area contributed by atoms with Gasteiger partial charge in [0.15, 0.2) is 5.17 Å². The zero-order valence-corrected chi connectivity index (χ0v) is 14.0. The molecule has 0 fully saturated rings. The first-order chi connectivity index (χ1) is 11.1. The largest absolute Gasteiger partial charge is 0.287 e. The minimum atomic E-state index is -3.58. The van der Waals surface area contributed by atoms with Crippen LogP contribution in [0, 0.1) is 0 Å². The molecule has 2 N–H and O–H groups in total. The topological polar surface area (TPSA) is 70.6 Å². The maximum absolute atomic E-state index is 12.1. The molecule has 2 aromatic rings. The average Bonchev–Trinajstić information content (AvgIpc) is 3.02. The van der Waals surface area contributed by atoms with Crippen LogP contribution in [-0.2, 0) is 16.4 Å². The van der Waals surface area contributed by atoms with Gasteiger partial charge in [-0.15, -0.1) is 4.83 Å². The lowest BCUT2D eigenvalue weighted by atomic mass is 10.1. The highest BCUT2D eigenvalue weighted by Gasteiger charge is 2.21. The first-order valence-electron chi connectivity index (χ1n) is 7.21. The van der Waals surface area contributed by atoms with Crippen molar-refractivity contribution >= 4 is 27.0 Å². The van der Waals surface area contributed by atoms with Crippen LogP contribution in [0.15, 0.2) is 70.6 Å². The number of sulfonamides is 1. The molecule has 3 rings (SSSR count). The molecule has 0 saturated heterocycles. The molecule has 7 heteroatoms. The number of amidine groups is 1. The lowest BCUT2D eigenvalue weighted by molar-refractivity contribution is 0.578. The average molecular weight is 347 g/mol. The number of nitrogens with one attached hydrogen (secondary N) is 2. The van der Waals surface area contributed by atoms with E-state index in [0.717, 1.165) is 6.42 Å². The van der Waals surface area contributed by atoms with E-state index in [1.54, 1.807) is 42.1 Å². The van der Waals surface area contributed by atoms with Gasteiger partial charge in [0.05, 0.1) is 11.4 Å². The molecule has 0 radical (unpaired) electrons. The van der Waals surface area contributed by atoms with E-state index in [9.17, 15) is 8.42 Å². The van der Waals surface area contributed by atoms with Crippen LogP contribution in [0.25, 0.3) is 0 Å². The van der Waals surface area contributed by atoms with Gasteiger partial charge in [-0.3, -0.25) is 10.4 Å². The van der Waals surface area contributed by atoms with Gasteiger partial charge in [-0.1, -0.05) is 60.3 Å². The third-order valence-electron chi connectivity index (χ3n) is 3.37. The molecule has 5 nitrogen and oxygen atoms in total. The van der Waals surface area contributed by atoms with Gasteiger partial charge in [-0.05, 0) is 24.1 Å². The predicted octanol–water partition coefficient (Wildman–Crippen LogP) is 2.18. The van der Waals surface area contributed by atoms with Gasteiger partial charge >= 0.3 is 0 Å². The maximum Gasteiger partial charge on any atom is 0.257 e. The molecule has 23 heavy (non-hydrogen) atoms. The van der Waals surface area contributed by atoms with Crippen molar-refractivity contribution < 1.29 is 8.42 Å². The van der Waals surface area contributed by atoms with Gasteiger partial charge in [0.25, 0.3) is 10.0 Å². The Morgan fingerprint density at radius 2 is 1.70 bits per heavy atom. The Labute approximate surface area is 140 Å². The molecular weight excluding hydrogens is 330 g/mol. The van der Waals surface area contributed by atoms with E-state index in [1.807, 2.05) is 18.2 Å². The molecule has 0 aliphatic carbocycles. The van der Waals surface area contributed by atoms with Crippen LogP contribution < -0.4 is 10.3 Å². The van der Waals surface area contributed by atoms with E-state index in [-0.39, 0.29) is 4.90 Å². The molecule has 0 spiro atoms. The Balaban J connectivity index is 1.52. The molecule has 0 saturated carbocycles. The summed E-state index contributed by atoms with van der Waals surface area (Å²) in [5, 5.41) is 0.923. The first-order valence-corrected chi connectivity index (χ1v) is 9.58. The quantitative estimate of drug-likeness (QED) is 0.814. The minimum Gasteiger partial charge on any atom is -0.287 e. The van der Waals surface area contributed by atoms with Crippen molar-refractivity contribution in [3.63, 3.8) is 0 Å². The number of hydrogen-bond acceptors (Lipinski definition) is 5. The first kappa shape index (κ1) is 16.0. The highest BCUT2D eigenvalue weighted by Crippen LogP contribution is 2.23. The second kappa shape index (κ2) is 7.16. The normalized spacial score (nSPS) is 17.7. The van der Waals surface area contributed by atoms with E-state index < -0.39 is 10.0 Å². The van der Waals surface area contributed by atoms with Crippen molar-refractivity contribution in [1.82, 2.24) is 10.3 Å². The molecule has 2 aromatic carbocycles. The second-order valence-electron chi connectivity index (χ2n) is 5.12. The van der Waals surface area contributed by atoms with Crippen LogP contribution in [0.5, 0.6) is 0 Å². The highest BCUT2D eigenvalue weighted by atomic mass is 32.2. The summed E-state index contributed by atoms with van der Waals surface area (Å²) in [7, 11) is -3.58. The molecule has 1 atom stereocenters. The summed E-state index contributed by atoms with van der Waals surface area (Å²) in [6.45, 7) is 0.676. The van der Waals surface area contributed by atoms with Gasteiger partial charge in [0.2, 0.25) is 0 Å². The molecule has 0 unspecified atom stereocenters. The standard InChI is InChI=1S/C16H17N3O2S2/c20-23(21,15-9-5-2-6-10-15)19-18-16-17-12-14(22-16)11-13-7-3-1-4-8-13/h1-10,14,19H,11-12H2,(H,17,18)/t14-/m1/s1. The van der Waals surface area contributed by atoms with E-state index in [4.69, 9.17) is 0 Å². The van der Waals surface area contributed by atoms with E-state index in [0.29, 0.717) is 17.0 Å². The smallest absolute Gasteiger partial charge is 0.257 e. The van der Waals surface area contributed by atoms with Crippen LogP contribution in [0.3, 0.4) is 0 Å². The Hall–Kier alpha value is -1.83. The fourth-order valence-corrected chi connectivity index (χ4v) is 4.17. The summed E-state index contributed by atoms with van der Waals surface area (Å²) < 4.78 is 24.2. The van der Waals surface area contributed by atoms with Crippen molar-refractivity contribution in [3.8, 4) is 0 Å². The summed E-state index contributed by atoms with van der Waals surface area (Å²) in [6, 6.07) is 18.4. The van der Waals surface area contributed by atoms with Crippen LogP contribution in [0.2, 0.25) is 0 Å². The number of aliphatic imine (C=N–C) groups is 1. The van der Waals surface area contributed by atoms with Crippen molar-refractivity contribution in [2.75, 3.05) is 6.54 Å². The monoisotopic (exact) mass is 347 g/mol. The summed E-state index contributed by atoms with van der Waals surface area (Å²) in [5.74, 6) is 0. The highest BCUT2D eigenvalue weighted by molar-refractivity contribution is 8.14. The number of benzene rings is 2. The molecule has 1 heterocycles. The SMILES string of the molecule is O=S(=O)(NNC1=NC[C@@H](Cc2ccccc2)S1)c1ccccc1. The van der Waals surface area contributed by atoms with Crippen molar-refractivity contribution in [1.29, 1.82) is 0 Å². The van der Waals surface area contributed by atoms with Crippen molar-refractivity contribution in [2.24, 2.45) is 4.99 Å². The minimum absolute atomic E-state index is 0.219. The third kappa shape index (κ3) is 4.34. The number of nitrogens with zero attached hydrogens (tertiary/aromatic N) is 1. The fraction of sp³-hybridized carbons (Fsp3) is 0.188. The Kier molecular flexibility index (Phi) is 5.00. The van der Waals surface area contributed by atoms with Crippen LogP contribution in [0.1, 0.15) is 5.56 Å². The van der Waals surface area contributed by atoms with Crippen LogP contribution in [-0.4, -0.2) is 25.4 Å². The Bertz CT molecular complexity index is 777. The van der Waals surface area contributed by atoms with Gasteiger partial charge < -0.3 is 0 Å². The maximum atomic E-state index is 12.1. The van der Waals surface area contributed by atoms with Gasteiger partial charge in [0.1, 0.15) is 0 Å². The zero-order valence-electron chi connectivity index (χ0n) is 12.3. The number of rotatable bonds is 5. The van der Waals surface area contributed by atoms with Crippen LogP contribution in [0.4, 0.5) is 0 Å². The molecule has 0 amide bonds. The Morgan fingerprint density at radius 1 is 1.04 bits per heavy atom. The number of thioether (sulfide) groups is 1. The van der Waals surface area contributed by atoms with E-state index in [1.165, 1.54) is 5.56 Å². The molecule has 1 aliphatic rings. The van der Waals surface area contributed by atoms with Crippen molar-refractivity contribution in [2.45, 2.75) is 16.6 Å². The lowest BCUT2D eigenvalue weighted by Crippen LogP contribution is -2.40. The molecule has 120 valence electrons. The molecule has 0 bridgehead atoms. The molecular formula is C16H17N3O2S2. The summed E-state index contributed by atoms with van der Waals surface area (Å²) in [6.07, 6.45) is 0.908. The zero-order chi connectivity index (χ0) is 16.1.